The molecule has 0 saturated heterocycles. The molecule has 0 spiro atoms. The first-order chi connectivity index (χ1) is 12.2. The van der Waals surface area contributed by atoms with Crippen molar-refractivity contribution in [3.8, 4) is 11.1 Å². The molecular weight excluding hydrogens is 316 g/mol. The first-order valence-corrected chi connectivity index (χ1v) is 8.97. The molecule has 2 aromatic carbocycles. The summed E-state index contributed by atoms with van der Waals surface area (Å²) >= 11 is 0. The van der Waals surface area contributed by atoms with Crippen LogP contribution in [0.2, 0.25) is 0 Å². The van der Waals surface area contributed by atoms with E-state index in [4.69, 9.17) is 4.74 Å². The second kappa shape index (κ2) is 9.35. The Kier molecular flexibility index (Phi) is 7.17. The number of allylic oxidation sites excluding steroid dienone is 4. The standard InChI is InChI=1S/C24H26O.CH4/c1-4-19-9-10-21(15-16-24(19)17-25-3)23-13-11-22(12-14-23)20-7-5-18(2)6-8-20;/h5-9,11-16H,4,10,17H2,1-3H3;1H4. The highest BCUT2D eigenvalue weighted by Gasteiger charge is 2.09. The van der Waals surface area contributed by atoms with Gasteiger partial charge in [0.15, 0.2) is 0 Å². The fraction of sp³-hybridized carbons (Fsp3) is 0.280. The summed E-state index contributed by atoms with van der Waals surface area (Å²) in [5, 5.41) is 0. The third-order valence-corrected chi connectivity index (χ3v) is 4.79. The highest BCUT2D eigenvalue weighted by atomic mass is 16.5. The Morgan fingerprint density at radius 2 is 1.38 bits per heavy atom. The molecule has 0 amide bonds. The molecule has 0 bridgehead atoms. The Labute approximate surface area is 158 Å². The zero-order valence-corrected chi connectivity index (χ0v) is 15.4. The molecule has 1 nitrogen and oxygen atoms in total. The molecule has 1 aliphatic carbocycles. The topological polar surface area (TPSA) is 9.23 Å². The fourth-order valence-corrected chi connectivity index (χ4v) is 3.25. The van der Waals surface area contributed by atoms with Crippen molar-refractivity contribution in [2.24, 2.45) is 0 Å². The van der Waals surface area contributed by atoms with Crippen LogP contribution in [0.1, 0.15) is 38.3 Å². The zero-order chi connectivity index (χ0) is 17.6. The van der Waals surface area contributed by atoms with Gasteiger partial charge in [-0.2, -0.15) is 0 Å². The van der Waals surface area contributed by atoms with Crippen molar-refractivity contribution >= 4 is 5.57 Å². The second-order valence-corrected chi connectivity index (χ2v) is 6.55. The summed E-state index contributed by atoms with van der Waals surface area (Å²) in [5.74, 6) is 0. The lowest BCUT2D eigenvalue weighted by Crippen LogP contribution is -1.97. The van der Waals surface area contributed by atoms with Crippen molar-refractivity contribution in [2.45, 2.75) is 34.1 Å². The molecular formula is C25H30O. The minimum atomic E-state index is 0. The summed E-state index contributed by atoms with van der Waals surface area (Å²) in [6.45, 7) is 5.00. The molecule has 0 radical (unpaired) electrons. The minimum Gasteiger partial charge on any atom is -0.380 e. The van der Waals surface area contributed by atoms with Crippen LogP contribution in [-0.2, 0) is 4.74 Å². The van der Waals surface area contributed by atoms with Crippen LogP contribution < -0.4 is 0 Å². The molecule has 0 aromatic heterocycles. The molecule has 0 aliphatic heterocycles. The first kappa shape index (κ1) is 19.9. The zero-order valence-electron chi connectivity index (χ0n) is 15.4. The molecule has 0 heterocycles. The Balaban J connectivity index is 0.00000243. The van der Waals surface area contributed by atoms with Crippen LogP contribution in [0.5, 0.6) is 0 Å². The van der Waals surface area contributed by atoms with Crippen molar-refractivity contribution in [3.63, 3.8) is 0 Å². The predicted octanol–water partition coefficient (Wildman–Crippen LogP) is 6.99. The molecule has 0 unspecified atom stereocenters. The van der Waals surface area contributed by atoms with Crippen LogP contribution in [0.4, 0.5) is 0 Å². The molecule has 1 aliphatic rings. The van der Waals surface area contributed by atoms with E-state index in [9.17, 15) is 0 Å². The van der Waals surface area contributed by atoms with E-state index in [1.807, 2.05) is 0 Å². The van der Waals surface area contributed by atoms with Crippen molar-refractivity contribution in [1.82, 2.24) is 0 Å². The van der Waals surface area contributed by atoms with E-state index in [1.54, 1.807) is 7.11 Å². The number of methoxy groups -OCH3 is 1. The smallest absolute Gasteiger partial charge is 0.0715 e. The maximum atomic E-state index is 5.34. The van der Waals surface area contributed by atoms with Crippen LogP contribution in [0.15, 0.2) is 77.9 Å². The summed E-state index contributed by atoms with van der Waals surface area (Å²) in [6, 6.07) is 17.6. The normalized spacial score (nSPS) is 13.9. The van der Waals surface area contributed by atoms with E-state index in [0.29, 0.717) is 6.61 Å². The van der Waals surface area contributed by atoms with Crippen molar-refractivity contribution in [2.75, 3.05) is 13.7 Å². The van der Waals surface area contributed by atoms with E-state index in [0.717, 1.165) is 12.8 Å². The maximum absolute atomic E-state index is 5.34. The number of aryl methyl sites for hydroxylation is 1. The molecule has 0 saturated carbocycles. The molecule has 0 atom stereocenters. The van der Waals surface area contributed by atoms with Gasteiger partial charge >= 0.3 is 0 Å². The summed E-state index contributed by atoms with van der Waals surface area (Å²) in [6.07, 6.45) is 8.82. The number of rotatable bonds is 5. The van der Waals surface area contributed by atoms with Crippen LogP contribution in [-0.4, -0.2) is 13.7 Å². The summed E-state index contributed by atoms with van der Waals surface area (Å²) in [7, 11) is 1.76. The van der Waals surface area contributed by atoms with E-state index >= 15 is 0 Å². The van der Waals surface area contributed by atoms with Gasteiger partial charge in [0.25, 0.3) is 0 Å². The summed E-state index contributed by atoms with van der Waals surface area (Å²) in [4.78, 5) is 0. The van der Waals surface area contributed by atoms with Crippen LogP contribution in [0.3, 0.4) is 0 Å². The summed E-state index contributed by atoms with van der Waals surface area (Å²) in [5.41, 5.74) is 9.15. The monoisotopic (exact) mass is 346 g/mol. The van der Waals surface area contributed by atoms with Gasteiger partial charge in [-0.05, 0) is 53.2 Å². The maximum Gasteiger partial charge on any atom is 0.0715 e. The molecule has 3 rings (SSSR count). The van der Waals surface area contributed by atoms with Gasteiger partial charge in [0, 0.05) is 7.11 Å². The van der Waals surface area contributed by atoms with Gasteiger partial charge in [-0.1, -0.05) is 86.7 Å². The molecule has 136 valence electrons. The quantitative estimate of drug-likeness (QED) is 0.566. The van der Waals surface area contributed by atoms with Crippen molar-refractivity contribution < 1.29 is 4.74 Å². The summed E-state index contributed by atoms with van der Waals surface area (Å²) < 4.78 is 5.34. The Morgan fingerprint density at radius 1 is 0.808 bits per heavy atom. The Hall–Kier alpha value is -2.38. The Bertz CT molecular complexity index is 802. The van der Waals surface area contributed by atoms with E-state index in [2.05, 4.69) is 80.6 Å². The number of hydrogen-bond donors (Lipinski definition) is 0. The van der Waals surface area contributed by atoms with Gasteiger partial charge in [0.2, 0.25) is 0 Å². The second-order valence-electron chi connectivity index (χ2n) is 6.55. The number of hydrogen-bond acceptors (Lipinski definition) is 1. The first-order valence-electron chi connectivity index (χ1n) is 8.97. The molecule has 26 heavy (non-hydrogen) atoms. The van der Waals surface area contributed by atoms with Gasteiger partial charge < -0.3 is 4.74 Å². The average Bonchev–Trinajstić information content (AvgIpc) is 2.85. The van der Waals surface area contributed by atoms with Gasteiger partial charge in [-0.25, -0.2) is 0 Å². The van der Waals surface area contributed by atoms with Crippen molar-refractivity contribution in [3.05, 3.63) is 89.0 Å². The average molecular weight is 347 g/mol. The highest BCUT2D eigenvalue weighted by Crippen LogP contribution is 2.28. The van der Waals surface area contributed by atoms with Gasteiger partial charge in [0.1, 0.15) is 0 Å². The lowest BCUT2D eigenvalue weighted by Gasteiger charge is -2.08. The lowest BCUT2D eigenvalue weighted by atomic mass is 9.98. The lowest BCUT2D eigenvalue weighted by molar-refractivity contribution is 0.227. The van der Waals surface area contributed by atoms with Crippen LogP contribution in [0, 0.1) is 6.92 Å². The van der Waals surface area contributed by atoms with Crippen LogP contribution in [0.25, 0.3) is 16.7 Å². The van der Waals surface area contributed by atoms with E-state index in [1.165, 1.54) is 39.0 Å². The largest absolute Gasteiger partial charge is 0.380 e. The SMILES string of the molecule is C.CCC1=CCC(c2ccc(-c3ccc(C)cc3)cc2)=CC=C1COC. The third-order valence-electron chi connectivity index (χ3n) is 4.79. The fourth-order valence-electron chi connectivity index (χ4n) is 3.25. The predicted molar refractivity (Wildman–Crippen MR) is 114 cm³/mol. The number of benzene rings is 2. The van der Waals surface area contributed by atoms with E-state index in [-0.39, 0.29) is 7.43 Å². The highest BCUT2D eigenvalue weighted by molar-refractivity contribution is 5.73. The van der Waals surface area contributed by atoms with Gasteiger partial charge in [-0.15, -0.1) is 0 Å². The molecule has 0 fully saturated rings. The molecule has 2 aromatic rings. The third kappa shape index (κ3) is 4.62. The van der Waals surface area contributed by atoms with E-state index < -0.39 is 0 Å². The van der Waals surface area contributed by atoms with Gasteiger partial charge in [-0.3, -0.25) is 0 Å². The minimum absolute atomic E-state index is 0. The Morgan fingerprint density at radius 3 is 1.96 bits per heavy atom. The molecule has 0 N–H and O–H groups in total. The van der Waals surface area contributed by atoms with Crippen LogP contribution >= 0.6 is 0 Å². The van der Waals surface area contributed by atoms with Gasteiger partial charge in [0.05, 0.1) is 6.61 Å². The molecule has 1 heteroatoms. The number of ether oxygens (including phenoxy) is 1. The van der Waals surface area contributed by atoms with Crippen molar-refractivity contribution in [1.29, 1.82) is 0 Å².